The van der Waals surface area contributed by atoms with Crippen LogP contribution in [0, 0.1) is 0 Å². The molecule has 220 valence electrons. The Morgan fingerprint density at radius 1 is 0.952 bits per heavy atom. The van der Waals surface area contributed by atoms with Crippen molar-refractivity contribution >= 4 is 17.5 Å². The Balaban J connectivity index is 1.20. The topological polar surface area (TPSA) is 103 Å². The second-order valence-corrected chi connectivity index (χ2v) is 11.1. The molecule has 2 N–H and O–H groups in total. The summed E-state index contributed by atoms with van der Waals surface area (Å²) in [5, 5.41) is 10.7. The van der Waals surface area contributed by atoms with E-state index in [4.69, 9.17) is 19.3 Å². The van der Waals surface area contributed by atoms with Crippen molar-refractivity contribution in [1.29, 1.82) is 0 Å². The minimum atomic E-state index is -0.377. The molecule has 2 aromatic heterocycles. The molecule has 2 amide bonds. The van der Waals surface area contributed by atoms with Gasteiger partial charge in [0, 0.05) is 43.0 Å². The van der Waals surface area contributed by atoms with Gasteiger partial charge in [0.25, 0.3) is 0 Å². The molecule has 5 rings (SSSR count). The third-order valence-electron chi connectivity index (χ3n) is 6.77. The van der Waals surface area contributed by atoms with Crippen LogP contribution in [-0.2, 0) is 10.2 Å². The van der Waals surface area contributed by atoms with E-state index < -0.39 is 0 Å². The van der Waals surface area contributed by atoms with Gasteiger partial charge >= 0.3 is 6.03 Å². The van der Waals surface area contributed by atoms with Gasteiger partial charge in [0.1, 0.15) is 23.1 Å². The maximum Gasteiger partial charge on any atom is 0.324 e. The summed E-state index contributed by atoms with van der Waals surface area (Å²) >= 11 is 0. The van der Waals surface area contributed by atoms with Gasteiger partial charge in [-0.1, -0.05) is 20.8 Å². The number of pyridine rings is 1. The van der Waals surface area contributed by atoms with E-state index in [1.807, 2.05) is 42.5 Å². The average molecular weight is 571 g/mol. The van der Waals surface area contributed by atoms with Crippen LogP contribution in [0.1, 0.15) is 32.9 Å². The largest absolute Gasteiger partial charge is 0.494 e. The Bertz CT molecular complexity index is 1430. The van der Waals surface area contributed by atoms with E-state index in [2.05, 4.69) is 41.3 Å². The van der Waals surface area contributed by atoms with Gasteiger partial charge < -0.3 is 19.5 Å². The molecule has 0 unspecified atom stereocenters. The molecule has 0 atom stereocenters. The fourth-order valence-electron chi connectivity index (χ4n) is 4.45. The molecule has 3 heterocycles. The fraction of sp³-hybridized carbons (Fsp3) is 0.344. The number of morpholine rings is 1. The highest BCUT2D eigenvalue weighted by atomic mass is 16.5. The van der Waals surface area contributed by atoms with Crippen LogP contribution in [0.15, 0.2) is 79.1 Å². The van der Waals surface area contributed by atoms with E-state index in [0.717, 1.165) is 56.4 Å². The predicted octanol–water partition coefficient (Wildman–Crippen LogP) is 6.10. The summed E-state index contributed by atoms with van der Waals surface area (Å²) in [6, 6.07) is 20.1. The maximum atomic E-state index is 13.0. The van der Waals surface area contributed by atoms with Gasteiger partial charge in [0.05, 0.1) is 37.4 Å². The Morgan fingerprint density at radius 3 is 2.38 bits per heavy atom. The lowest BCUT2D eigenvalue weighted by Gasteiger charge is -2.26. The number of rotatable bonds is 10. The molecule has 0 radical (unpaired) electrons. The zero-order valence-electron chi connectivity index (χ0n) is 24.4. The Morgan fingerprint density at radius 2 is 1.69 bits per heavy atom. The highest BCUT2D eigenvalue weighted by molar-refractivity contribution is 5.99. The molecule has 1 fully saturated rings. The molecule has 42 heavy (non-hydrogen) atoms. The summed E-state index contributed by atoms with van der Waals surface area (Å²) in [7, 11) is 0. The van der Waals surface area contributed by atoms with Crippen molar-refractivity contribution in [1.82, 2.24) is 19.7 Å². The van der Waals surface area contributed by atoms with Gasteiger partial charge in [-0.05, 0) is 67.1 Å². The lowest BCUT2D eigenvalue weighted by Crippen LogP contribution is -2.37. The first-order valence-electron chi connectivity index (χ1n) is 14.2. The van der Waals surface area contributed by atoms with Gasteiger partial charge in [-0.15, -0.1) is 0 Å². The first-order chi connectivity index (χ1) is 20.3. The molecular weight excluding hydrogens is 532 g/mol. The average Bonchev–Trinajstić information content (AvgIpc) is 3.42. The summed E-state index contributed by atoms with van der Waals surface area (Å²) in [6.07, 6.45) is 4.29. The number of nitrogens with zero attached hydrogens (tertiary/aromatic N) is 4. The van der Waals surface area contributed by atoms with Crippen molar-refractivity contribution in [2.45, 2.75) is 32.6 Å². The number of amides is 2. The first-order valence-corrected chi connectivity index (χ1v) is 14.2. The quantitative estimate of drug-likeness (QED) is 0.222. The molecule has 1 aliphatic rings. The smallest absolute Gasteiger partial charge is 0.324 e. The van der Waals surface area contributed by atoms with Crippen molar-refractivity contribution in [3.8, 4) is 22.9 Å². The second-order valence-electron chi connectivity index (χ2n) is 11.1. The van der Waals surface area contributed by atoms with E-state index >= 15 is 0 Å². The van der Waals surface area contributed by atoms with Gasteiger partial charge in [0.15, 0.2) is 0 Å². The SMILES string of the molecule is CC(C)(C)c1cc(NC(=O)Nc2ccc(Oc3cccnc3)cc2)n(-c2ccc(OCCCN3CCOCC3)cc2)n1. The zero-order chi connectivity index (χ0) is 29.4. The lowest BCUT2D eigenvalue weighted by molar-refractivity contribution is 0.0358. The molecule has 0 spiro atoms. The fourth-order valence-corrected chi connectivity index (χ4v) is 4.45. The summed E-state index contributed by atoms with van der Waals surface area (Å²) in [5.41, 5.74) is 2.10. The maximum absolute atomic E-state index is 13.0. The lowest BCUT2D eigenvalue weighted by atomic mass is 9.92. The van der Waals surface area contributed by atoms with Gasteiger partial charge in [-0.25, -0.2) is 9.48 Å². The van der Waals surface area contributed by atoms with E-state index in [0.29, 0.717) is 29.6 Å². The zero-order valence-corrected chi connectivity index (χ0v) is 24.4. The number of urea groups is 1. The van der Waals surface area contributed by atoms with E-state index in [9.17, 15) is 4.79 Å². The third kappa shape index (κ3) is 8.08. The van der Waals surface area contributed by atoms with Crippen LogP contribution in [0.4, 0.5) is 16.3 Å². The van der Waals surface area contributed by atoms with Crippen LogP contribution in [-0.4, -0.2) is 65.2 Å². The van der Waals surface area contributed by atoms with Crippen molar-refractivity contribution in [2.24, 2.45) is 0 Å². The molecule has 0 saturated carbocycles. The van der Waals surface area contributed by atoms with Crippen LogP contribution in [0.2, 0.25) is 0 Å². The third-order valence-corrected chi connectivity index (χ3v) is 6.77. The van der Waals surface area contributed by atoms with Gasteiger partial charge in [-0.2, -0.15) is 5.10 Å². The number of carbonyl (C=O) groups excluding carboxylic acids is 1. The van der Waals surface area contributed by atoms with Gasteiger partial charge in [-0.3, -0.25) is 15.2 Å². The monoisotopic (exact) mass is 570 g/mol. The van der Waals surface area contributed by atoms with Crippen molar-refractivity contribution in [3.63, 3.8) is 0 Å². The highest BCUT2D eigenvalue weighted by Crippen LogP contribution is 2.28. The normalized spacial score (nSPS) is 13.9. The predicted molar refractivity (Wildman–Crippen MR) is 163 cm³/mol. The van der Waals surface area contributed by atoms with Crippen LogP contribution in [0.3, 0.4) is 0 Å². The summed E-state index contributed by atoms with van der Waals surface area (Å²) in [5.74, 6) is 2.65. The minimum Gasteiger partial charge on any atom is -0.494 e. The van der Waals surface area contributed by atoms with Crippen LogP contribution in [0.25, 0.3) is 5.69 Å². The van der Waals surface area contributed by atoms with Crippen LogP contribution < -0.4 is 20.1 Å². The highest BCUT2D eigenvalue weighted by Gasteiger charge is 2.22. The summed E-state index contributed by atoms with van der Waals surface area (Å²) in [4.78, 5) is 19.4. The van der Waals surface area contributed by atoms with Crippen LogP contribution >= 0.6 is 0 Å². The van der Waals surface area contributed by atoms with E-state index in [1.54, 1.807) is 41.3 Å². The van der Waals surface area contributed by atoms with Crippen molar-refractivity contribution in [3.05, 3.63) is 84.8 Å². The van der Waals surface area contributed by atoms with Crippen molar-refractivity contribution in [2.75, 3.05) is 50.1 Å². The molecule has 10 nitrogen and oxygen atoms in total. The number of benzene rings is 2. The second kappa shape index (κ2) is 13.5. The molecule has 4 aromatic rings. The number of carbonyl (C=O) groups is 1. The number of ether oxygens (including phenoxy) is 3. The van der Waals surface area contributed by atoms with Crippen molar-refractivity contribution < 1.29 is 19.0 Å². The molecule has 1 aliphatic heterocycles. The number of hydrogen-bond acceptors (Lipinski definition) is 7. The molecule has 2 aromatic carbocycles. The number of hydrogen-bond donors (Lipinski definition) is 2. The Hall–Kier alpha value is -4.41. The minimum absolute atomic E-state index is 0.203. The molecule has 1 saturated heterocycles. The number of nitrogens with one attached hydrogen (secondary N) is 2. The number of anilines is 2. The standard InChI is InChI=1S/C32H38N6O4/c1-32(2,3)29-22-30(35-31(39)34-24-7-11-27(12-8-24)42-28-6-4-15-33-23-28)38(36-29)25-9-13-26(14-10-25)41-19-5-16-37-17-20-40-21-18-37/h4,6-15,22-23H,5,16-21H2,1-3H3,(H2,34,35,39). The Labute approximate surface area is 246 Å². The molecular formula is C32H38N6O4. The van der Waals surface area contributed by atoms with E-state index in [-0.39, 0.29) is 11.4 Å². The van der Waals surface area contributed by atoms with E-state index in [1.165, 1.54) is 0 Å². The van der Waals surface area contributed by atoms with Gasteiger partial charge in [0.2, 0.25) is 0 Å². The molecule has 0 aliphatic carbocycles. The number of aromatic nitrogens is 3. The summed E-state index contributed by atoms with van der Waals surface area (Å²) < 4.78 is 18.9. The Kier molecular flexibility index (Phi) is 9.35. The molecule has 10 heteroatoms. The summed E-state index contributed by atoms with van der Waals surface area (Å²) in [6.45, 7) is 11.5. The first kappa shape index (κ1) is 29.1. The molecule has 0 bridgehead atoms. The van der Waals surface area contributed by atoms with Crippen LogP contribution in [0.5, 0.6) is 17.2 Å².